The van der Waals surface area contributed by atoms with E-state index in [4.69, 9.17) is 19.9 Å². The van der Waals surface area contributed by atoms with Crippen LogP contribution in [0.1, 0.15) is 52.5 Å². The van der Waals surface area contributed by atoms with E-state index in [0.29, 0.717) is 28.5 Å². The molecule has 0 aliphatic heterocycles. The van der Waals surface area contributed by atoms with Gasteiger partial charge in [-0.1, -0.05) is 37.1 Å². The van der Waals surface area contributed by atoms with E-state index in [1.165, 1.54) is 0 Å². The average Bonchev–Trinajstić information content (AvgIpc) is 3.70. The number of rotatable bonds is 11. The average molecular weight is 601 g/mol. The van der Waals surface area contributed by atoms with E-state index < -0.39 is 6.04 Å². The van der Waals surface area contributed by atoms with Crippen molar-refractivity contribution < 1.29 is 23.8 Å². The molecule has 3 N–H and O–H groups in total. The second-order valence-corrected chi connectivity index (χ2v) is 11.2. The van der Waals surface area contributed by atoms with Crippen molar-refractivity contribution >= 4 is 29.0 Å². The number of hydrogen-bond donors (Lipinski definition) is 2. The van der Waals surface area contributed by atoms with Crippen molar-refractivity contribution in [2.75, 3.05) is 27.1 Å². The van der Waals surface area contributed by atoms with Gasteiger partial charge in [0, 0.05) is 18.2 Å². The van der Waals surface area contributed by atoms with Crippen LogP contribution < -0.4 is 25.3 Å². The van der Waals surface area contributed by atoms with Crippen molar-refractivity contribution in [2.24, 2.45) is 0 Å². The highest BCUT2D eigenvalue weighted by Crippen LogP contribution is 2.36. The van der Waals surface area contributed by atoms with E-state index in [1.807, 2.05) is 60.7 Å². The summed E-state index contributed by atoms with van der Waals surface area (Å²) < 4.78 is 20.5. The molecular weight excluding hydrogens is 564 g/mol. The number of methoxy groups -OCH3 is 3. The summed E-state index contributed by atoms with van der Waals surface area (Å²) in [5.74, 6) is 1.44. The minimum atomic E-state index is -0.924. The molecule has 224 valence electrons. The molecule has 5 rings (SSSR count). The van der Waals surface area contributed by atoms with Crippen LogP contribution in [0, 0.1) is 0 Å². The van der Waals surface area contributed by atoms with Crippen molar-refractivity contribution in [1.29, 1.82) is 0 Å². The Labute approximate surface area is 255 Å². The fraction of sp³-hybridized carbons (Fsp3) is 0.303. The third-order valence-electron chi connectivity index (χ3n) is 7.75. The normalized spacial score (nSPS) is 13.7. The summed E-state index contributed by atoms with van der Waals surface area (Å²) in [4.78, 5) is 30.4. The van der Waals surface area contributed by atoms with Gasteiger partial charge in [-0.25, -0.2) is 0 Å². The lowest BCUT2D eigenvalue weighted by atomic mass is 10.0. The molecule has 4 aromatic rings. The first-order valence-corrected chi connectivity index (χ1v) is 15.0. The second kappa shape index (κ2) is 13.6. The molecule has 10 heteroatoms. The molecule has 3 aromatic carbocycles. The zero-order chi connectivity index (χ0) is 30.3. The van der Waals surface area contributed by atoms with Crippen LogP contribution in [0.3, 0.4) is 0 Å². The number of carbonyl (C=O) groups is 2. The molecule has 43 heavy (non-hydrogen) atoms. The number of anilines is 1. The summed E-state index contributed by atoms with van der Waals surface area (Å²) in [6.07, 6.45) is 3.97. The lowest BCUT2D eigenvalue weighted by molar-refractivity contribution is -0.126. The highest BCUT2D eigenvalue weighted by atomic mass is 32.1. The van der Waals surface area contributed by atoms with E-state index in [9.17, 15) is 9.59 Å². The van der Waals surface area contributed by atoms with E-state index in [-0.39, 0.29) is 35.0 Å². The number of ether oxygens (including phenoxy) is 3. The SMILES string of the molecule is COc1ccc(CN(C(=O)c2snc(-c3ccc(OC)cc3)c2N)C(C(=O)NC2CCCC2)c2ccc(OC)cc2)cc1. The number of amides is 2. The Morgan fingerprint density at radius 3 is 1.98 bits per heavy atom. The predicted octanol–water partition coefficient (Wildman–Crippen LogP) is 5.86. The molecule has 0 radical (unpaired) electrons. The van der Waals surface area contributed by atoms with Gasteiger partial charge in [0.25, 0.3) is 5.91 Å². The number of aromatic nitrogens is 1. The van der Waals surface area contributed by atoms with Gasteiger partial charge in [0.15, 0.2) is 0 Å². The fourth-order valence-corrected chi connectivity index (χ4v) is 6.13. The maximum Gasteiger partial charge on any atom is 0.268 e. The minimum Gasteiger partial charge on any atom is -0.497 e. The van der Waals surface area contributed by atoms with E-state index in [2.05, 4.69) is 9.69 Å². The van der Waals surface area contributed by atoms with E-state index >= 15 is 0 Å². The molecule has 1 heterocycles. The Morgan fingerprint density at radius 1 is 0.884 bits per heavy atom. The number of nitrogens with zero attached hydrogens (tertiary/aromatic N) is 2. The van der Waals surface area contributed by atoms with Gasteiger partial charge in [-0.05, 0) is 84.0 Å². The van der Waals surface area contributed by atoms with Gasteiger partial charge < -0.3 is 30.2 Å². The van der Waals surface area contributed by atoms with Gasteiger partial charge in [0.2, 0.25) is 5.91 Å². The molecule has 1 fully saturated rings. The highest BCUT2D eigenvalue weighted by molar-refractivity contribution is 7.09. The van der Waals surface area contributed by atoms with E-state index in [1.54, 1.807) is 38.4 Å². The summed E-state index contributed by atoms with van der Waals surface area (Å²) in [5.41, 5.74) is 9.64. The van der Waals surface area contributed by atoms with Gasteiger partial charge in [-0.15, -0.1) is 0 Å². The summed E-state index contributed by atoms with van der Waals surface area (Å²) in [6.45, 7) is 0.160. The molecule has 1 aliphatic carbocycles. The molecule has 1 unspecified atom stereocenters. The van der Waals surface area contributed by atoms with Gasteiger partial charge in [-0.2, -0.15) is 4.37 Å². The number of nitrogen functional groups attached to an aromatic ring is 1. The van der Waals surface area contributed by atoms with E-state index in [0.717, 1.165) is 48.3 Å². The number of hydrogen-bond acceptors (Lipinski definition) is 8. The molecule has 9 nitrogen and oxygen atoms in total. The fourth-order valence-electron chi connectivity index (χ4n) is 5.36. The van der Waals surface area contributed by atoms with Crippen molar-refractivity contribution in [1.82, 2.24) is 14.6 Å². The standard InChI is InChI=1S/C33H36N4O5S/c1-40-25-14-8-21(9-15-25)20-37(33(39)31-28(34)29(36-43-31)22-10-16-26(41-2)17-11-22)30(23-12-18-27(42-3)19-13-23)32(38)35-24-6-4-5-7-24/h8-19,24,30H,4-7,20,34H2,1-3H3,(H,35,38). The molecular formula is C33H36N4O5S. The Hall–Kier alpha value is -4.57. The van der Waals surface area contributed by atoms with Crippen molar-refractivity contribution in [3.63, 3.8) is 0 Å². The largest absolute Gasteiger partial charge is 0.497 e. The third-order valence-corrected chi connectivity index (χ3v) is 8.60. The van der Waals surface area contributed by atoms with Crippen LogP contribution >= 0.6 is 11.5 Å². The lowest BCUT2D eigenvalue weighted by Crippen LogP contribution is -2.45. The monoisotopic (exact) mass is 600 g/mol. The van der Waals surface area contributed by atoms with Gasteiger partial charge in [-0.3, -0.25) is 9.59 Å². The zero-order valence-electron chi connectivity index (χ0n) is 24.5. The first-order chi connectivity index (χ1) is 20.9. The number of nitrogens with two attached hydrogens (primary N) is 1. The van der Waals surface area contributed by atoms with Crippen LogP contribution in [0.2, 0.25) is 0 Å². The van der Waals surface area contributed by atoms with Crippen LogP contribution in [-0.2, 0) is 11.3 Å². The first-order valence-electron chi connectivity index (χ1n) is 14.2. The van der Waals surface area contributed by atoms with Crippen LogP contribution in [0.4, 0.5) is 5.69 Å². The quantitative estimate of drug-likeness (QED) is 0.222. The Balaban J connectivity index is 1.56. The molecule has 0 bridgehead atoms. The number of benzene rings is 3. The van der Waals surface area contributed by atoms with Gasteiger partial charge in [0.1, 0.15) is 33.9 Å². The van der Waals surface area contributed by atoms with Crippen LogP contribution in [-0.4, -0.2) is 48.5 Å². The minimum absolute atomic E-state index is 0.0707. The number of nitrogens with one attached hydrogen (secondary N) is 1. The first kappa shape index (κ1) is 29.9. The summed E-state index contributed by atoms with van der Waals surface area (Å²) in [5, 5.41) is 3.21. The topological polar surface area (TPSA) is 116 Å². The molecule has 1 aliphatic rings. The number of carbonyl (C=O) groups excluding carboxylic acids is 2. The molecule has 1 saturated carbocycles. The summed E-state index contributed by atoms with van der Waals surface area (Å²) in [7, 11) is 4.79. The molecule has 0 saturated heterocycles. The van der Waals surface area contributed by atoms with Gasteiger partial charge in [0.05, 0.1) is 27.0 Å². The summed E-state index contributed by atoms with van der Waals surface area (Å²) in [6, 6.07) is 21.2. The van der Waals surface area contributed by atoms with Crippen molar-refractivity contribution in [2.45, 2.75) is 44.3 Å². The molecule has 1 atom stereocenters. The molecule has 0 spiro atoms. The third kappa shape index (κ3) is 6.75. The molecule has 2 amide bonds. The smallest absolute Gasteiger partial charge is 0.268 e. The second-order valence-electron chi connectivity index (χ2n) is 10.4. The molecule has 1 aromatic heterocycles. The maximum atomic E-state index is 14.5. The van der Waals surface area contributed by atoms with Crippen molar-refractivity contribution in [3.05, 3.63) is 88.8 Å². The van der Waals surface area contributed by atoms with Crippen LogP contribution in [0.15, 0.2) is 72.8 Å². The Kier molecular flexibility index (Phi) is 9.46. The Bertz CT molecular complexity index is 1530. The summed E-state index contributed by atoms with van der Waals surface area (Å²) >= 11 is 1.03. The van der Waals surface area contributed by atoms with Crippen LogP contribution in [0.25, 0.3) is 11.3 Å². The van der Waals surface area contributed by atoms with Gasteiger partial charge >= 0.3 is 0 Å². The zero-order valence-corrected chi connectivity index (χ0v) is 25.4. The highest BCUT2D eigenvalue weighted by Gasteiger charge is 2.36. The lowest BCUT2D eigenvalue weighted by Gasteiger charge is -2.32. The maximum absolute atomic E-state index is 14.5. The predicted molar refractivity (Wildman–Crippen MR) is 168 cm³/mol. The van der Waals surface area contributed by atoms with Crippen LogP contribution in [0.5, 0.6) is 17.2 Å². The van der Waals surface area contributed by atoms with Crippen molar-refractivity contribution in [3.8, 4) is 28.5 Å². The Morgan fingerprint density at radius 2 is 1.42 bits per heavy atom.